The molecule has 1 atom stereocenters. The minimum absolute atomic E-state index is 0.0137. The van der Waals surface area contributed by atoms with Gasteiger partial charge in [-0.1, -0.05) is 54.1 Å². The third-order valence-electron chi connectivity index (χ3n) is 5.81. The van der Waals surface area contributed by atoms with E-state index in [2.05, 4.69) is 20.8 Å². The molecular formula is C22H26N6O3S2. The van der Waals surface area contributed by atoms with E-state index in [-0.39, 0.29) is 29.0 Å². The number of thioether (sulfide) groups is 1. The van der Waals surface area contributed by atoms with E-state index in [9.17, 15) is 14.4 Å². The highest BCUT2D eigenvalue weighted by atomic mass is 32.2. The molecule has 1 aliphatic carbocycles. The summed E-state index contributed by atoms with van der Waals surface area (Å²) in [5.41, 5.74) is 1.33. The Morgan fingerprint density at radius 1 is 1.15 bits per heavy atom. The maximum atomic E-state index is 13.0. The molecule has 2 aromatic heterocycles. The lowest BCUT2D eigenvalue weighted by Crippen LogP contribution is -2.27. The van der Waals surface area contributed by atoms with Crippen LogP contribution in [-0.4, -0.2) is 36.6 Å². The van der Waals surface area contributed by atoms with Crippen LogP contribution in [0.3, 0.4) is 0 Å². The Kier molecular flexibility index (Phi) is 6.99. The molecule has 2 N–H and O–H groups in total. The van der Waals surface area contributed by atoms with Gasteiger partial charge in [0.25, 0.3) is 5.56 Å². The maximum absolute atomic E-state index is 13.0. The van der Waals surface area contributed by atoms with Crippen LogP contribution in [0.15, 0.2) is 39.5 Å². The number of carbonyl (C=O) groups is 2. The summed E-state index contributed by atoms with van der Waals surface area (Å²) in [7, 11) is 1.78. The largest absolute Gasteiger partial charge is 0.319 e. The van der Waals surface area contributed by atoms with Crippen molar-refractivity contribution in [1.82, 2.24) is 19.6 Å². The van der Waals surface area contributed by atoms with Crippen LogP contribution in [0.5, 0.6) is 0 Å². The van der Waals surface area contributed by atoms with E-state index in [1.807, 2.05) is 30.3 Å². The van der Waals surface area contributed by atoms with E-state index >= 15 is 0 Å². The first-order chi connectivity index (χ1) is 15.8. The van der Waals surface area contributed by atoms with Crippen molar-refractivity contribution >= 4 is 45.7 Å². The van der Waals surface area contributed by atoms with Crippen molar-refractivity contribution in [2.24, 2.45) is 13.0 Å². The van der Waals surface area contributed by atoms with Gasteiger partial charge in [-0.05, 0) is 38.8 Å². The molecule has 0 unspecified atom stereocenters. The zero-order chi connectivity index (χ0) is 23.5. The summed E-state index contributed by atoms with van der Waals surface area (Å²) in [6, 6.07) is 9.26. The number of nitrogens with zero attached hydrogens (tertiary/aromatic N) is 4. The van der Waals surface area contributed by atoms with Gasteiger partial charge in [-0.3, -0.25) is 19.1 Å². The van der Waals surface area contributed by atoms with Crippen molar-refractivity contribution in [3.05, 3.63) is 46.4 Å². The predicted octanol–water partition coefficient (Wildman–Crippen LogP) is 3.58. The Morgan fingerprint density at radius 3 is 2.55 bits per heavy atom. The molecule has 0 saturated heterocycles. The summed E-state index contributed by atoms with van der Waals surface area (Å²) >= 11 is 2.48. The van der Waals surface area contributed by atoms with Gasteiger partial charge in [-0.2, -0.15) is 0 Å². The standard InChI is InChI=1S/C22H26N6O3S2/c1-13-17(20(31)28(27(13)3)16-11-5-4-6-12-16)23-18(29)14(2)32-22-26-25-21(33-22)24-19(30)15-9-7-8-10-15/h4-6,11-12,14-15H,7-10H2,1-3H3,(H,23,29)(H,24,25,30)/t14-/m0/s1. The summed E-state index contributed by atoms with van der Waals surface area (Å²) in [4.78, 5) is 38.1. The fourth-order valence-electron chi connectivity index (χ4n) is 3.85. The Labute approximate surface area is 199 Å². The number of para-hydroxylation sites is 1. The third-order valence-corrected chi connectivity index (χ3v) is 7.83. The number of anilines is 2. The molecule has 2 heterocycles. The van der Waals surface area contributed by atoms with Crippen LogP contribution in [0.25, 0.3) is 5.69 Å². The molecule has 1 aromatic carbocycles. The first-order valence-corrected chi connectivity index (χ1v) is 12.5. The van der Waals surface area contributed by atoms with Gasteiger partial charge in [-0.15, -0.1) is 10.2 Å². The van der Waals surface area contributed by atoms with Crippen molar-refractivity contribution in [3.63, 3.8) is 0 Å². The minimum Gasteiger partial charge on any atom is -0.319 e. The van der Waals surface area contributed by atoms with Crippen molar-refractivity contribution in [3.8, 4) is 5.69 Å². The molecule has 1 fully saturated rings. The van der Waals surface area contributed by atoms with Gasteiger partial charge in [0.15, 0.2) is 4.34 Å². The normalized spacial score (nSPS) is 14.9. The van der Waals surface area contributed by atoms with Crippen molar-refractivity contribution < 1.29 is 9.59 Å². The van der Waals surface area contributed by atoms with Crippen LogP contribution in [0.1, 0.15) is 38.3 Å². The van der Waals surface area contributed by atoms with E-state index < -0.39 is 5.25 Å². The van der Waals surface area contributed by atoms with E-state index in [4.69, 9.17) is 0 Å². The van der Waals surface area contributed by atoms with Gasteiger partial charge in [0.1, 0.15) is 5.69 Å². The van der Waals surface area contributed by atoms with Gasteiger partial charge in [-0.25, -0.2) is 4.68 Å². The van der Waals surface area contributed by atoms with Gasteiger partial charge in [0.05, 0.1) is 16.6 Å². The number of carbonyl (C=O) groups excluding carboxylic acids is 2. The quantitative estimate of drug-likeness (QED) is 0.390. The second-order valence-corrected chi connectivity index (χ2v) is 10.6. The van der Waals surface area contributed by atoms with E-state index in [1.54, 1.807) is 25.6 Å². The van der Waals surface area contributed by atoms with Crippen LogP contribution in [0.2, 0.25) is 0 Å². The number of hydrogen-bond acceptors (Lipinski definition) is 7. The average molecular weight is 487 g/mol. The van der Waals surface area contributed by atoms with E-state index in [0.717, 1.165) is 31.4 Å². The summed E-state index contributed by atoms with van der Waals surface area (Å²) < 4.78 is 3.81. The SMILES string of the molecule is Cc1c(NC(=O)[C@H](C)Sc2nnc(NC(=O)C3CCCC3)s2)c(=O)n(-c2ccccc2)n1C. The van der Waals surface area contributed by atoms with Crippen LogP contribution in [0, 0.1) is 12.8 Å². The molecule has 11 heteroatoms. The van der Waals surface area contributed by atoms with E-state index in [1.165, 1.54) is 27.8 Å². The van der Waals surface area contributed by atoms with Crippen molar-refractivity contribution in [2.75, 3.05) is 10.6 Å². The number of aromatic nitrogens is 4. The molecular weight excluding hydrogens is 460 g/mol. The fourth-order valence-corrected chi connectivity index (χ4v) is 5.74. The molecule has 0 spiro atoms. The number of amides is 2. The van der Waals surface area contributed by atoms with Crippen molar-refractivity contribution in [1.29, 1.82) is 0 Å². The highest BCUT2D eigenvalue weighted by Crippen LogP contribution is 2.31. The predicted molar refractivity (Wildman–Crippen MR) is 130 cm³/mol. The summed E-state index contributed by atoms with van der Waals surface area (Å²) in [6.45, 7) is 3.53. The second-order valence-electron chi connectivity index (χ2n) is 8.03. The number of benzene rings is 1. The van der Waals surface area contributed by atoms with E-state index in [0.29, 0.717) is 15.2 Å². The average Bonchev–Trinajstić information content (AvgIpc) is 3.53. The molecule has 0 bridgehead atoms. The highest BCUT2D eigenvalue weighted by molar-refractivity contribution is 8.02. The molecule has 1 saturated carbocycles. The Bertz CT molecular complexity index is 1210. The lowest BCUT2D eigenvalue weighted by Gasteiger charge is -2.09. The van der Waals surface area contributed by atoms with Gasteiger partial charge in [0.2, 0.25) is 16.9 Å². The molecule has 0 radical (unpaired) electrons. The van der Waals surface area contributed by atoms with Gasteiger partial charge in [0, 0.05) is 13.0 Å². The molecule has 4 rings (SSSR count). The molecule has 2 amide bonds. The Morgan fingerprint density at radius 2 is 1.85 bits per heavy atom. The highest BCUT2D eigenvalue weighted by Gasteiger charge is 2.25. The molecule has 9 nitrogen and oxygen atoms in total. The summed E-state index contributed by atoms with van der Waals surface area (Å²) in [5.74, 6) is -0.276. The second kappa shape index (κ2) is 9.92. The smallest absolute Gasteiger partial charge is 0.295 e. The number of hydrogen-bond donors (Lipinski definition) is 2. The molecule has 33 heavy (non-hydrogen) atoms. The van der Waals surface area contributed by atoms with Crippen LogP contribution in [0.4, 0.5) is 10.8 Å². The topological polar surface area (TPSA) is 111 Å². The number of nitrogens with one attached hydrogen (secondary N) is 2. The zero-order valence-corrected chi connectivity index (χ0v) is 20.3. The minimum atomic E-state index is -0.513. The van der Waals surface area contributed by atoms with Gasteiger partial charge >= 0.3 is 0 Å². The van der Waals surface area contributed by atoms with Crippen LogP contribution in [-0.2, 0) is 16.6 Å². The first-order valence-electron chi connectivity index (χ1n) is 10.8. The zero-order valence-electron chi connectivity index (χ0n) is 18.7. The van der Waals surface area contributed by atoms with Crippen molar-refractivity contribution in [2.45, 2.75) is 49.1 Å². The Hall–Kier alpha value is -2.92. The Balaban J connectivity index is 1.41. The fraction of sp³-hybridized carbons (Fsp3) is 0.409. The lowest BCUT2D eigenvalue weighted by atomic mass is 10.1. The molecule has 3 aromatic rings. The third kappa shape index (κ3) is 5.03. The maximum Gasteiger partial charge on any atom is 0.295 e. The molecule has 0 aliphatic heterocycles. The lowest BCUT2D eigenvalue weighted by molar-refractivity contribution is -0.119. The summed E-state index contributed by atoms with van der Waals surface area (Å²) in [6.07, 6.45) is 3.99. The first kappa shape index (κ1) is 23.2. The van der Waals surface area contributed by atoms with Gasteiger partial charge < -0.3 is 10.6 Å². The number of rotatable bonds is 7. The molecule has 1 aliphatic rings. The van der Waals surface area contributed by atoms with Crippen LogP contribution < -0.4 is 16.2 Å². The summed E-state index contributed by atoms with van der Waals surface area (Å²) in [5, 5.41) is 13.6. The van der Waals surface area contributed by atoms with Crippen LogP contribution >= 0.6 is 23.1 Å². The molecule has 174 valence electrons. The monoisotopic (exact) mass is 486 g/mol.